The predicted molar refractivity (Wildman–Crippen MR) is 211 cm³/mol. The average molecular weight is 745 g/mol. The van der Waals surface area contributed by atoms with E-state index in [0.29, 0.717) is 40.1 Å². The van der Waals surface area contributed by atoms with Gasteiger partial charge in [0.15, 0.2) is 16.6 Å². The number of anilines is 2. The molecule has 1 atom stereocenters. The highest BCUT2D eigenvalue weighted by molar-refractivity contribution is 8.00. The number of thioether (sulfide) groups is 1. The van der Waals surface area contributed by atoms with Crippen LogP contribution in [0.5, 0.6) is 17.2 Å². The Hall–Kier alpha value is -6.11. The van der Waals surface area contributed by atoms with Crippen molar-refractivity contribution in [2.75, 3.05) is 31.5 Å². The molecule has 0 bridgehead atoms. The molecule has 0 spiro atoms. The van der Waals surface area contributed by atoms with Crippen LogP contribution in [-0.2, 0) is 9.59 Å². The number of rotatable bonds is 14. The third-order valence-electron chi connectivity index (χ3n) is 7.87. The smallest absolute Gasteiger partial charge is 0.272 e. The second-order valence-corrected chi connectivity index (χ2v) is 13.6. The molecule has 3 N–H and O–H groups in total. The highest BCUT2D eigenvalue weighted by Crippen LogP contribution is 2.38. The van der Waals surface area contributed by atoms with Crippen LogP contribution in [0.25, 0.3) is 16.3 Å². The van der Waals surface area contributed by atoms with Crippen LogP contribution in [0, 0.1) is 0 Å². The SMILES string of the molecule is CCOc1ccc2nc(NC(=O)C(Sc3ccc(NC(=O)/C(=C/c4cccc(OC)c4OC)NC(=O)c4ccccc4)cc3)c3ccccc3)sc2c1. The van der Waals surface area contributed by atoms with E-state index in [0.717, 1.165) is 26.4 Å². The zero-order chi connectivity index (χ0) is 37.2. The minimum absolute atomic E-state index is 0.00590. The molecule has 10 nitrogen and oxygen atoms in total. The van der Waals surface area contributed by atoms with Crippen molar-refractivity contribution in [3.05, 3.63) is 144 Å². The lowest BCUT2D eigenvalue weighted by Crippen LogP contribution is -2.30. The lowest BCUT2D eigenvalue weighted by Gasteiger charge is -2.17. The number of hydrogen-bond acceptors (Lipinski definition) is 9. The third kappa shape index (κ3) is 9.23. The maximum Gasteiger partial charge on any atom is 0.272 e. The standard InChI is InChI=1S/C41H36N4O6S2/c1-4-51-30-20-23-32-35(25-30)53-41(44-32)45-40(48)37(26-12-7-5-8-13-26)52-31-21-18-29(19-22-31)42-39(47)33(43-38(46)27-14-9-6-10-15-27)24-28-16-11-17-34(49-2)36(28)50-3/h5-25,37H,4H2,1-3H3,(H,42,47)(H,43,46)(H,44,45,48)/b33-24-. The van der Waals surface area contributed by atoms with Gasteiger partial charge >= 0.3 is 0 Å². The van der Waals surface area contributed by atoms with Crippen molar-refractivity contribution in [2.24, 2.45) is 0 Å². The number of hydrogen-bond donors (Lipinski definition) is 3. The number of thiazole rings is 1. The van der Waals surface area contributed by atoms with Gasteiger partial charge in [0, 0.05) is 21.7 Å². The molecule has 0 aliphatic rings. The zero-order valence-electron chi connectivity index (χ0n) is 29.1. The van der Waals surface area contributed by atoms with Gasteiger partial charge in [0.2, 0.25) is 5.91 Å². The van der Waals surface area contributed by atoms with Gasteiger partial charge in [-0.1, -0.05) is 72.0 Å². The number of benzene rings is 5. The van der Waals surface area contributed by atoms with Crippen LogP contribution in [0.3, 0.4) is 0 Å². The van der Waals surface area contributed by atoms with Crippen molar-refractivity contribution in [1.82, 2.24) is 10.3 Å². The summed E-state index contributed by atoms with van der Waals surface area (Å²) in [6.45, 7) is 2.49. The molecule has 3 amide bonds. The van der Waals surface area contributed by atoms with Crippen molar-refractivity contribution in [3.8, 4) is 17.2 Å². The van der Waals surface area contributed by atoms with Crippen LogP contribution < -0.4 is 30.2 Å². The summed E-state index contributed by atoms with van der Waals surface area (Å²) in [5.41, 5.74) is 3.00. The largest absolute Gasteiger partial charge is 0.494 e. The fourth-order valence-electron chi connectivity index (χ4n) is 5.36. The summed E-state index contributed by atoms with van der Waals surface area (Å²) in [4.78, 5) is 46.1. The quantitative estimate of drug-likeness (QED) is 0.0748. The monoisotopic (exact) mass is 744 g/mol. The Morgan fingerprint density at radius 1 is 0.830 bits per heavy atom. The molecule has 0 saturated heterocycles. The van der Waals surface area contributed by atoms with E-state index in [9.17, 15) is 14.4 Å². The molecule has 12 heteroatoms. The molecule has 1 aromatic heterocycles. The maximum absolute atomic E-state index is 13.8. The van der Waals surface area contributed by atoms with Crippen LogP contribution in [0.2, 0.25) is 0 Å². The molecular weight excluding hydrogens is 709 g/mol. The summed E-state index contributed by atoms with van der Waals surface area (Å²) >= 11 is 2.76. The molecule has 0 aliphatic carbocycles. The second-order valence-electron chi connectivity index (χ2n) is 11.4. The Balaban J connectivity index is 1.20. The highest BCUT2D eigenvalue weighted by atomic mass is 32.2. The summed E-state index contributed by atoms with van der Waals surface area (Å²) < 4.78 is 17.5. The fraction of sp³-hybridized carbons (Fsp3) is 0.122. The molecule has 268 valence electrons. The van der Waals surface area contributed by atoms with E-state index in [1.807, 2.05) is 67.6 Å². The van der Waals surface area contributed by atoms with Gasteiger partial charge in [0.1, 0.15) is 16.7 Å². The Kier molecular flexibility index (Phi) is 12.0. The molecule has 0 saturated carbocycles. The Bertz CT molecular complexity index is 2240. The number of carbonyl (C=O) groups excluding carboxylic acids is 3. The van der Waals surface area contributed by atoms with Gasteiger partial charge in [-0.05, 0) is 79.2 Å². The van der Waals surface area contributed by atoms with Crippen LogP contribution in [-0.4, -0.2) is 43.5 Å². The van der Waals surface area contributed by atoms with Crippen LogP contribution in [0.15, 0.2) is 132 Å². The second kappa shape index (κ2) is 17.4. The molecular formula is C41H36N4O6S2. The highest BCUT2D eigenvalue weighted by Gasteiger charge is 2.24. The number of aromatic nitrogens is 1. The lowest BCUT2D eigenvalue weighted by molar-refractivity contribution is -0.116. The molecule has 6 aromatic rings. The summed E-state index contributed by atoms with van der Waals surface area (Å²) in [5.74, 6) is 0.408. The van der Waals surface area contributed by atoms with E-state index in [4.69, 9.17) is 14.2 Å². The van der Waals surface area contributed by atoms with E-state index in [2.05, 4.69) is 20.9 Å². The molecule has 5 aromatic carbocycles. The van der Waals surface area contributed by atoms with Crippen molar-refractivity contribution < 1.29 is 28.6 Å². The van der Waals surface area contributed by atoms with E-state index in [-0.39, 0.29) is 11.6 Å². The first-order valence-electron chi connectivity index (χ1n) is 16.6. The summed E-state index contributed by atoms with van der Waals surface area (Å²) in [6, 6.07) is 36.2. The number of fused-ring (bicyclic) bond motifs is 1. The van der Waals surface area contributed by atoms with Crippen molar-refractivity contribution in [1.29, 1.82) is 0 Å². The van der Waals surface area contributed by atoms with Crippen molar-refractivity contribution in [3.63, 3.8) is 0 Å². The Labute approximate surface area is 315 Å². The topological polar surface area (TPSA) is 128 Å². The van der Waals surface area contributed by atoms with Gasteiger partial charge in [-0.2, -0.15) is 0 Å². The summed E-state index contributed by atoms with van der Waals surface area (Å²) in [7, 11) is 3.02. The van der Waals surface area contributed by atoms with Crippen molar-refractivity contribution in [2.45, 2.75) is 17.1 Å². The van der Waals surface area contributed by atoms with Gasteiger partial charge in [-0.3, -0.25) is 14.4 Å². The Morgan fingerprint density at radius 2 is 1.57 bits per heavy atom. The average Bonchev–Trinajstić information content (AvgIpc) is 3.59. The van der Waals surface area contributed by atoms with Crippen LogP contribution in [0.1, 0.15) is 33.7 Å². The molecule has 53 heavy (non-hydrogen) atoms. The van der Waals surface area contributed by atoms with E-state index in [1.54, 1.807) is 60.7 Å². The molecule has 1 heterocycles. The van der Waals surface area contributed by atoms with Gasteiger partial charge in [-0.15, -0.1) is 11.8 Å². The van der Waals surface area contributed by atoms with Crippen LogP contribution >= 0.6 is 23.1 Å². The van der Waals surface area contributed by atoms with Crippen LogP contribution in [0.4, 0.5) is 10.8 Å². The molecule has 1 unspecified atom stereocenters. The number of nitrogens with one attached hydrogen (secondary N) is 3. The minimum Gasteiger partial charge on any atom is -0.494 e. The number of para-hydroxylation sites is 1. The van der Waals surface area contributed by atoms with Gasteiger partial charge in [-0.25, -0.2) is 4.98 Å². The summed E-state index contributed by atoms with van der Waals surface area (Å²) in [6.07, 6.45) is 1.54. The number of carbonyl (C=O) groups is 3. The van der Waals surface area contributed by atoms with Gasteiger partial charge in [0.05, 0.1) is 31.0 Å². The van der Waals surface area contributed by atoms with Gasteiger partial charge < -0.3 is 30.2 Å². The predicted octanol–water partition coefficient (Wildman–Crippen LogP) is 8.59. The normalized spacial score (nSPS) is 11.7. The maximum atomic E-state index is 13.8. The first kappa shape index (κ1) is 36.7. The van der Waals surface area contributed by atoms with E-state index in [1.165, 1.54) is 43.4 Å². The molecule has 0 fully saturated rings. The molecule has 0 radical (unpaired) electrons. The third-order valence-corrected chi connectivity index (χ3v) is 10.1. The van der Waals surface area contributed by atoms with Gasteiger partial charge in [0.25, 0.3) is 11.8 Å². The summed E-state index contributed by atoms with van der Waals surface area (Å²) in [5, 5.41) is 8.53. The molecule has 0 aliphatic heterocycles. The first-order valence-corrected chi connectivity index (χ1v) is 18.3. The molecule has 6 rings (SSSR count). The number of methoxy groups -OCH3 is 2. The minimum atomic E-state index is -0.594. The number of ether oxygens (including phenoxy) is 3. The van der Waals surface area contributed by atoms with Crippen molar-refractivity contribution >= 4 is 67.9 Å². The Morgan fingerprint density at radius 3 is 2.26 bits per heavy atom. The number of nitrogens with zero attached hydrogens (tertiary/aromatic N) is 1. The lowest BCUT2D eigenvalue weighted by atomic mass is 10.1. The zero-order valence-corrected chi connectivity index (χ0v) is 30.8. The van der Waals surface area contributed by atoms with E-state index < -0.39 is 17.1 Å². The number of amides is 3. The van der Waals surface area contributed by atoms with E-state index >= 15 is 0 Å². The fourth-order valence-corrected chi connectivity index (χ4v) is 7.28. The first-order chi connectivity index (χ1) is 25.8.